The Labute approximate surface area is 170 Å². The van der Waals surface area contributed by atoms with E-state index in [1.807, 2.05) is 13.0 Å². The number of phenols is 1. The lowest BCUT2D eigenvalue weighted by atomic mass is 10.2. The molecule has 1 atom stereocenters. The van der Waals surface area contributed by atoms with Crippen molar-refractivity contribution in [3.8, 4) is 5.75 Å². The predicted octanol–water partition coefficient (Wildman–Crippen LogP) is 3.30. The molecule has 28 heavy (non-hydrogen) atoms. The summed E-state index contributed by atoms with van der Waals surface area (Å²) in [5.74, 6) is -0.466. The number of thioether (sulfide) groups is 1. The van der Waals surface area contributed by atoms with Crippen LogP contribution < -0.4 is 10.6 Å². The minimum absolute atomic E-state index is 0.00269. The lowest BCUT2D eigenvalue weighted by Gasteiger charge is -2.08. The molecule has 0 saturated carbocycles. The van der Waals surface area contributed by atoms with E-state index < -0.39 is 5.25 Å². The summed E-state index contributed by atoms with van der Waals surface area (Å²) in [4.78, 5) is 24.3. The number of rotatable bonds is 5. The lowest BCUT2D eigenvalue weighted by Crippen LogP contribution is -2.28. The van der Waals surface area contributed by atoms with Gasteiger partial charge < -0.3 is 15.7 Å². The molecule has 0 aliphatic carbocycles. The monoisotopic (exact) mass is 416 g/mol. The number of carbonyl (C=O) groups excluding carboxylic acids is 2. The maximum absolute atomic E-state index is 12.2. The van der Waals surface area contributed by atoms with Crippen LogP contribution in [0.25, 0.3) is 0 Å². The van der Waals surface area contributed by atoms with Gasteiger partial charge in [-0.2, -0.15) is 5.10 Å². The topological polar surface area (TPSA) is 103 Å². The highest BCUT2D eigenvalue weighted by atomic mass is 35.5. The van der Waals surface area contributed by atoms with Crippen LogP contribution in [0.4, 0.5) is 5.69 Å². The van der Waals surface area contributed by atoms with Crippen molar-refractivity contribution in [2.24, 2.45) is 10.2 Å². The van der Waals surface area contributed by atoms with Crippen molar-refractivity contribution in [1.82, 2.24) is 5.32 Å². The van der Waals surface area contributed by atoms with Crippen LogP contribution in [0.5, 0.6) is 5.75 Å². The van der Waals surface area contributed by atoms with Crippen LogP contribution in [0.2, 0.25) is 5.02 Å². The molecule has 1 aliphatic rings. The molecule has 3 N–H and O–H groups in total. The SMILES string of the molecule is Cc1ccc(NC(=O)CC2S/C(=N/N=Cc3cccc(O)c3)NC2=O)cc1Cl. The maximum atomic E-state index is 12.2. The molecule has 9 heteroatoms. The molecule has 7 nitrogen and oxygen atoms in total. The number of aromatic hydroxyl groups is 1. The van der Waals surface area contributed by atoms with Gasteiger partial charge in [-0.25, -0.2) is 0 Å². The van der Waals surface area contributed by atoms with Gasteiger partial charge in [0.1, 0.15) is 11.0 Å². The van der Waals surface area contributed by atoms with E-state index in [1.165, 1.54) is 12.3 Å². The van der Waals surface area contributed by atoms with Gasteiger partial charge in [0.15, 0.2) is 5.17 Å². The number of benzene rings is 2. The molecule has 2 aromatic rings. The summed E-state index contributed by atoms with van der Waals surface area (Å²) in [5, 5.41) is 22.9. The first-order chi connectivity index (χ1) is 13.4. The smallest absolute Gasteiger partial charge is 0.240 e. The van der Waals surface area contributed by atoms with Gasteiger partial charge >= 0.3 is 0 Å². The molecule has 2 aromatic carbocycles. The third-order valence-electron chi connectivity index (χ3n) is 3.83. The quantitative estimate of drug-likeness (QED) is 0.514. The second-order valence-electron chi connectivity index (χ2n) is 6.06. The minimum Gasteiger partial charge on any atom is -0.508 e. The molecule has 1 heterocycles. The maximum Gasteiger partial charge on any atom is 0.240 e. The molecular weight excluding hydrogens is 400 g/mol. The van der Waals surface area contributed by atoms with Gasteiger partial charge in [0.25, 0.3) is 0 Å². The fourth-order valence-corrected chi connectivity index (χ4v) is 3.50. The number of hydrogen-bond donors (Lipinski definition) is 3. The summed E-state index contributed by atoms with van der Waals surface area (Å²) < 4.78 is 0. The van der Waals surface area contributed by atoms with Crippen LogP contribution >= 0.6 is 23.4 Å². The summed E-state index contributed by atoms with van der Waals surface area (Å²) in [6.45, 7) is 1.87. The van der Waals surface area contributed by atoms with Crippen LogP contribution in [0, 0.1) is 6.92 Å². The van der Waals surface area contributed by atoms with Gasteiger partial charge in [-0.15, -0.1) is 5.10 Å². The molecule has 1 saturated heterocycles. The third-order valence-corrected chi connectivity index (χ3v) is 5.31. The fraction of sp³-hybridized carbons (Fsp3) is 0.158. The number of anilines is 1. The first kappa shape index (κ1) is 19.9. The largest absolute Gasteiger partial charge is 0.508 e. The summed E-state index contributed by atoms with van der Waals surface area (Å²) in [5.41, 5.74) is 2.16. The van der Waals surface area contributed by atoms with Gasteiger partial charge in [0.05, 0.1) is 6.21 Å². The summed E-state index contributed by atoms with van der Waals surface area (Å²) in [6.07, 6.45) is 1.46. The minimum atomic E-state index is -0.587. The highest BCUT2D eigenvalue weighted by Crippen LogP contribution is 2.24. The van der Waals surface area contributed by atoms with Crippen molar-refractivity contribution in [3.05, 3.63) is 58.6 Å². The predicted molar refractivity (Wildman–Crippen MR) is 112 cm³/mol. The Kier molecular flexibility index (Phi) is 6.33. The average molecular weight is 417 g/mol. The Balaban J connectivity index is 1.56. The molecule has 0 spiro atoms. The molecule has 0 aromatic heterocycles. The Hall–Kier alpha value is -2.84. The molecule has 1 aliphatic heterocycles. The first-order valence-electron chi connectivity index (χ1n) is 8.34. The molecular formula is C19H17ClN4O3S. The van der Waals surface area contributed by atoms with E-state index >= 15 is 0 Å². The number of amidine groups is 1. The van der Waals surface area contributed by atoms with Gasteiger partial charge in [-0.1, -0.05) is 41.6 Å². The van der Waals surface area contributed by atoms with E-state index in [-0.39, 0.29) is 24.0 Å². The lowest BCUT2D eigenvalue weighted by molar-refractivity contribution is -0.122. The van der Waals surface area contributed by atoms with Gasteiger partial charge in [-0.05, 0) is 42.3 Å². The zero-order chi connectivity index (χ0) is 20.1. The van der Waals surface area contributed by atoms with Crippen molar-refractivity contribution < 1.29 is 14.7 Å². The number of aryl methyl sites for hydroxylation is 1. The Morgan fingerprint density at radius 3 is 2.93 bits per heavy atom. The number of hydrogen-bond acceptors (Lipinski definition) is 6. The number of nitrogens with one attached hydrogen (secondary N) is 2. The van der Waals surface area contributed by atoms with Crippen LogP contribution in [-0.2, 0) is 9.59 Å². The summed E-state index contributed by atoms with van der Waals surface area (Å²) in [7, 11) is 0. The third kappa shape index (κ3) is 5.34. The second kappa shape index (κ2) is 8.90. The Morgan fingerprint density at radius 2 is 2.18 bits per heavy atom. The average Bonchev–Trinajstić information content (AvgIpc) is 2.97. The van der Waals surface area contributed by atoms with Crippen molar-refractivity contribution in [1.29, 1.82) is 0 Å². The second-order valence-corrected chi connectivity index (χ2v) is 7.66. The van der Waals surface area contributed by atoms with Crippen molar-refractivity contribution in [3.63, 3.8) is 0 Å². The van der Waals surface area contributed by atoms with Crippen LogP contribution in [-0.4, -0.2) is 33.6 Å². The van der Waals surface area contributed by atoms with Gasteiger partial charge in [0.2, 0.25) is 11.8 Å². The molecule has 1 fully saturated rings. The van der Waals surface area contributed by atoms with Crippen molar-refractivity contribution in [2.75, 3.05) is 5.32 Å². The highest BCUT2D eigenvalue weighted by molar-refractivity contribution is 8.15. The highest BCUT2D eigenvalue weighted by Gasteiger charge is 2.32. The zero-order valence-corrected chi connectivity index (χ0v) is 16.4. The van der Waals surface area contributed by atoms with E-state index in [1.54, 1.807) is 30.3 Å². The first-order valence-corrected chi connectivity index (χ1v) is 9.60. The number of carbonyl (C=O) groups is 2. The van der Waals surface area contributed by atoms with Gasteiger partial charge in [0, 0.05) is 17.1 Å². The molecule has 3 rings (SSSR count). The van der Waals surface area contributed by atoms with Crippen LogP contribution in [0.15, 0.2) is 52.7 Å². The van der Waals surface area contributed by atoms with Crippen LogP contribution in [0.3, 0.4) is 0 Å². The number of amides is 2. The standard InChI is InChI=1S/C19H17ClN4O3S/c1-11-5-6-13(8-15(11)20)22-17(26)9-16-18(27)23-19(28-16)24-21-10-12-3-2-4-14(25)7-12/h2-8,10,16,25H,9H2,1H3,(H,22,26)(H,23,24,27). The van der Waals surface area contributed by atoms with Crippen molar-refractivity contribution >= 4 is 52.2 Å². The summed E-state index contributed by atoms with van der Waals surface area (Å²) >= 11 is 7.19. The fourth-order valence-electron chi connectivity index (χ4n) is 2.39. The number of halogens is 1. The van der Waals surface area contributed by atoms with E-state index in [9.17, 15) is 14.7 Å². The van der Waals surface area contributed by atoms with Crippen molar-refractivity contribution in [2.45, 2.75) is 18.6 Å². The number of nitrogens with zero attached hydrogens (tertiary/aromatic N) is 2. The normalized spacial score (nSPS) is 17.9. The molecule has 0 radical (unpaired) electrons. The Morgan fingerprint density at radius 1 is 1.36 bits per heavy atom. The van der Waals surface area contributed by atoms with Gasteiger partial charge in [-0.3, -0.25) is 9.59 Å². The zero-order valence-electron chi connectivity index (χ0n) is 14.8. The molecule has 1 unspecified atom stereocenters. The van der Waals surface area contributed by atoms with E-state index in [0.717, 1.165) is 17.3 Å². The van der Waals surface area contributed by atoms with Crippen LogP contribution in [0.1, 0.15) is 17.5 Å². The molecule has 144 valence electrons. The van der Waals surface area contributed by atoms with E-state index in [0.29, 0.717) is 21.4 Å². The molecule has 2 amide bonds. The summed E-state index contributed by atoms with van der Waals surface area (Å²) in [6, 6.07) is 11.8. The molecule has 0 bridgehead atoms. The van der Waals surface area contributed by atoms with E-state index in [4.69, 9.17) is 11.6 Å². The Bertz CT molecular complexity index is 977. The number of phenolic OH excluding ortho intramolecular Hbond substituents is 1. The van der Waals surface area contributed by atoms with E-state index in [2.05, 4.69) is 20.8 Å².